The van der Waals surface area contributed by atoms with Gasteiger partial charge in [0.05, 0.1) is 10.9 Å². The lowest BCUT2D eigenvalue weighted by Gasteiger charge is -2.30. The Morgan fingerprint density at radius 3 is 2.93 bits per heavy atom. The molecule has 0 aromatic heterocycles. The summed E-state index contributed by atoms with van der Waals surface area (Å²) in [6, 6.07) is 3.31. The largest absolute Gasteiger partial charge is 0.454 e. The van der Waals surface area contributed by atoms with E-state index in [1.54, 1.807) is 12.1 Å². The fourth-order valence-corrected chi connectivity index (χ4v) is 3.23. The van der Waals surface area contributed by atoms with Gasteiger partial charge in [0.1, 0.15) is 0 Å². The second-order valence-corrected chi connectivity index (χ2v) is 6.67. The Labute approximate surface area is 160 Å². The normalized spacial score (nSPS) is 18.6. The van der Waals surface area contributed by atoms with Gasteiger partial charge in [-0.05, 0) is 36.6 Å². The quantitative estimate of drug-likeness (QED) is 0.596. The topological polar surface area (TPSA) is 108 Å². The summed E-state index contributed by atoms with van der Waals surface area (Å²) in [6.45, 7) is 0.485. The van der Waals surface area contributed by atoms with Gasteiger partial charge < -0.3 is 24.8 Å². The van der Waals surface area contributed by atoms with E-state index in [1.807, 2.05) is 0 Å². The molecule has 27 heavy (non-hydrogen) atoms. The third kappa shape index (κ3) is 4.71. The molecule has 0 saturated carbocycles. The number of benzene rings is 1. The van der Waals surface area contributed by atoms with Crippen molar-refractivity contribution in [3.8, 4) is 11.5 Å². The molecule has 2 aliphatic heterocycles. The molecule has 9 heteroatoms. The Bertz CT molecular complexity index is 794. The summed E-state index contributed by atoms with van der Waals surface area (Å²) in [7, 11) is 0. The van der Waals surface area contributed by atoms with E-state index >= 15 is 0 Å². The second kappa shape index (κ2) is 8.30. The molecule has 0 aliphatic carbocycles. The number of likely N-dealkylation sites (tertiary alicyclic amines) is 1. The first-order chi connectivity index (χ1) is 12.9. The van der Waals surface area contributed by atoms with E-state index in [0.717, 1.165) is 0 Å². The van der Waals surface area contributed by atoms with Crippen molar-refractivity contribution in [2.24, 2.45) is 11.7 Å². The molecule has 1 fully saturated rings. The van der Waals surface area contributed by atoms with E-state index < -0.39 is 18.5 Å². The highest BCUT2D eigenvalue weighted by Crippen LogP contribution is 2.40. The van der Waals surface area contributed by atoms with Crippen molar-refractivity contribution in [3.63, 3.8) is 0 Å². The van der Waals surface area contributed by atoms with Crippen LogP contribution in [0.25, 0.3) is 6.08 Å². The van der Waals surface area contributed by atoms with Crippen LogP contribution < -0.4 is 15.2 Å². The van der Waals surface area contributed by atoms with Crippen molar-refractivity contribution in [1.82, 2.24) is 4.90 Å². The van der Waals surface area contributed by atoms with Crippen molar-refractivity contribution in [1.29, 1.82) is 0 Å². The number of piperidine rings is 1. The van der Waals surface area contributed by atoms with Crippen LogP contribution >= 0.6 is 11.6 Å². The molecule has 2 heterocycles. The second-order valence-electron chi connectivity index (χ2n) is 6.26. The summed E-state index contributed by atoms with van der Waals surface area (Å²) in [4.78, 5) is 36.8. The standard InChI is InChI=1S/C18H19ClN2O6/c19-13-6-11(7-14-17(13)27-10-26-14)3-4-16(23)25-9-15(22)21-5-1-2-12(8-21)18(20)24/h3-4,6-7,12H,1-2,5,8-10H2,(H2,20,24)/b4-3+/t12-/m0/s1. The predicted molar refractivity (Wildman–Crippen MR) is 96.1 cm³/mol. The molecule has 2 aliphatic rings. The van der Waals surface area contributed by atoms with E-state index in [2.05, 4.69) is 0 Å². The molecular formula is C18H19ClN2O6. The summed E-state index contributed by atoms with van der Waals surface area (Å²) in [6.07, 6.45) is 4.06. The van der Waals surface area contributed by atoms with E-state index in [9.17, 15) is 14.4 Å². The van der Waals surface area contributed by atoms with Crippen molar-refractivity contribution in [2.75, 3.05) is 26.5 Å². The molecule has 2 N–H and O–H groups in total. The first-order valence-electron chi connectivity index (χ1n) is 8.45. The van der Waals surface area contributed by atoms with Crippen molar-refractivity contribution in [3.05, 3.63) is 28.8 Å². The lowest BCUT2D eigenvalue weighted by molar-refractivity contribution is -0.149. The SMILES string of the molecule is NC(=O)[C@H]1CCCN(C(=O)COC(=O)/C=C/c2cc(Cl)c3c(c2)OCO3)C1. The minimum atomic E-state index is -0.666. The van der Waals surface area contributed by atoms with Gasteiger partial charge in [0, 0.05) is 19.2 Å². The third-order valence-corrected chi connectivity index (χ3v) is 4.66. The number of fused-ring (bicyclic) bond motifs is 1. The van der Waals surface area contributed by atoms with Crippen LogP contribution in [0.1, 0.15) is 18.4 Å². The van der Waals surface area contributed by atoms with Crippen LogP contribution in [0.3, 0.4) is 0 Å². The van der Waals surface area contributed by atoms with Crippen LogP contribution in [0.4, 0.5) is 0 Å². The average molecular weight is 395 g/mol. The zero-order chi connectivity index (χ0) is 19.4. The summed E-state index contributed by atoms with van der Waals surface area (Å²) in [5.41, 5.74) is 5.93. The maximum atomic E-state index is 12.1. The van der Waals surface area contributed by atoms with Gasteiger partial charge in [0.15, 0.2) is 18.1 Å². The van der Waals surface area contributed by atoms with Gasteiger partial charge in [0.2, 0.25) is 12.7 Å². The number of carbonyl (C=O) groups is 3. The number of primary amides is 1. The van der Waals surface area contributed by atoms with Crippen LogP contribution in [0, 0.1) is 5.92 Å². The van der Waals surface area contributed by atoms with Gasteiger partial charge in [-0.3, -0.25) is 9.59 Å². The van der Waals surface area contributed by atoms with E-state index in [0.29, 0.717) is 41.5 Å². The van der Waals surface area contributed by atoms with Gasteiger partial charge in [-0.25, -0.2) is 4.79 Å². The van der Waals surface area contributed by atoms with Crippen LogP contribution in [0.2, 0.25) is 5.02 Å². The number of ether oxygens (including phenoxy) is 3. The number of hydrogen-bond donors (Lipinski definition) is 1. The summed E-state index contributed by atoms with van der Waals surface area (Å²) in [5.74, 6) is -0.823. The highest BCUT2D eigenvalue weighted by atomic mass is 35.5. The minimum Gasteiger partial charge on any atom is -0.454 e. The molecule has 1 saturated heterocycles. The number of hydrogen-bond acceptors (Lipinski definition) is 6. The van der Waals surface area contributed by atoms with Crippen LogP contribution in [0.15, 0.2) is 18.2 Å². The molecule has 144 valence electrons. The molecule has 0 unspecified atom stereocenters. The predicted octanol–water partition coefficient (Wildman–Crippen LogP) is 1.35. The number of nitrogens with two attached hydrogens (primary N) is 1. The lowest BCUT2D eigenvalue weighted by Crippen LogP contribution is -2.45. The average Bonchev–Trinajstić information content (AvgIpc) is 3.13. The van der Waals surface area contributed by atoms with E-state index in [4.69, 9.17) is 31.5 Å². The maximum absolute atomic E-state index is 12.1. The highest BCUT2D eigenvalue weighted by Gasteiger charge is 2.27. The van der Waals surface area contributed by atoms with E-state index in [1.165, 1.54) is 17.1 Å². The van der Waals surface area contributed by atoms with Crippen molar-refractivity contribution in [2.45, 2.75) is 12.8 Å². The van der Waals surface area contributed by atoms with E-state index in [-0.39, 0.29) is 25.2 Å². The number of halogens is 1. The number of nitrogens with zero attached hydrogens (tertiary/aromatic N) is 1. The highest BCUT2D eigenvalue weighted by molar-refractivity contribution is 6.32. The van der Waals surface area contributed by atoms with Gasteiger partial charge in [-0.2, -0.15) is 0 Å². The van der Waals surface area contributed by atoms with Crippen LogP contribution in [-0.4, -0.2) is 49.2 Å². The zero-order valence-corrected chi connectivity index (χ0v) is 15.2. The van der Waals surface area contributed by atoms with Gasteiger partial charge in [-0.1, -0.05) is 11.6 Å². The van der Waals surface area contributed by atoms with Crippen LogP contribution in [0.5, 0.6) is 11.5 Å². The molecule has 3 rings (SSSR count). The molecule has 1 aromatic carbocycles. The zero-order valence-electron chi connectivity index (χ0n) is 14.5. The molecule has 2 amide bonds. The molecule has 8 nitrogen and oxygen atoms in total. The fraction of sp³-hybridized carbons (Fsp3) is 0.389. The van der Waals surface area contributed by atoms with Gasteiger partial charge in [0.25, 0.3) is 5.91 Å². The monoisotopic (exact) mass is 394 g/mol. The smallest absolute Gasteiger partial charge is 0.331 e. The van der Waals surface area contributed by atoms with Crippen molar-refractivity contribution < 1.29 is 28.6 Å². The lowest BCUT2D eigenvalue weighted by atomic mass is 9.97. The Hall–Kier alpha value is -2.74. The first kappa shape index (κ1) is 19.0. The fourth-order valence-electron chi connectivity index (χ4n) is 2.96. The molecule has 1 aromatic rings. The van der Waals surface area contributed by atoms with Gasteiger partial charge in [-0.15, -0.1) is 0 Å². The molecule has 0 spiro atoms. The van der Waals surface area contributed by atoms with Gasteiger partial charge >= 0.3 is 5.97 Å². The van der Waals surface area contributed by atoms with Crippen LogP contribution in [-0.2, 0) is 19.1 Å². The van der Waals surface area contributed by atoms with Crippen molar-refractivity contribution >= 4 is 35.5 Å². The molecule has 1 atom stereocenters. The summed E-state index contributed by atoms with van der Waals surface area (Å²) in [5, 5.41) is 0.377. The summed E-state index contributed by atoms with van der Waals surface area (Å²) >= 11 is 6.07. The Kier molecular flexibility index (Phi) is 5.85. The molecular weight excluding hydrogens is 376 g/mol. The molecule has 0 radical (unpaired) electrons. The molecule has 0 bridgehead atoms. The summed E-state index contributed by atoms with van der Waals surface area (Å²) < 4.78 is 15.4. The number of amides is 2. The minimum absolute atomic E-state index is 0.0967. The third-order valence-electron chi connectivity index (χ3n) is 4.38. The number of carbonyl (C=O) groups excluding carboxylic acids is 3. The Morgan fingerprint density at radius 1 is 1.33 bits per heavy atom. The number of esters is 1. The first-order valence-corrected chi connectivity index (χ1v) is 8.83. The Morgan fingerprint density at radius 2 is 2.15 bits per heavy atom. The Balaban J connectivity index is 1.51. The maximum Gasteiger partial charge on any atom is 0.331 e. The number of rotatable bonds is 5.